The van der Waals surface area contributed by atoms with Crippen molar-refractivity contribution in [2.75, 3.05) is 0 Å². The van der Waals surface area contributed by atoms with Crippen molar-refractivity contribution in [2.24, 2.45) is 5.73 Å². The number of hydrogen-bond acceptors (Lipinski definition) is 4. The summed E-state index contributed by atoms with van der Waals surface area (Å²) in [5, 5.41) is 0. The smallest absolute Gasteiger partial charge is 0.263 e. The van der Waals surface area contributed by atoms with E-state index in [-0.39, 0.29) is 0 Å². The van der Waals surface area contributed by atoms with Crippen LogP contribution in [0.25, 0.3) is 0 Å². The average Bonchev–Trinajstić information content (AvgIpc) is 2.60. The first kappa shape index (κ1) is 17.1. The Hall–Kier alpha value is -2.21. The minimum absolute atomic E-state index is 0.290. The maximum atomic E-state index is 11.9. The van der Waals surface area contributed by atoms with Gasteiger partial charge in [-0.3, -0.25) is 9.63 Å². The third-order valence-electron chi connectivity index (χ3n) is 3.42. The summed E-state index contributed by atoms with van der Waals surface area (Å²) in [7, 11) is 0. The molecule has 0 saturated heterocycles. The number of rotatable bonds is 8. The first-order valence-electron chi connectivity index (χ1n) is 7.53. The molecule has 0 aliphatic carbocycles. The number of carbonyl (C=O) groups is 1. The molecule has 5 nitrogen and oxygen atoms in total. The van der Waals surface area contributed by atoms with Gasteiger partial charge in [-0.2, -0.15) is 0 Å². The molecule has 2 aromatic rings. The van der Waals surface area contributed by atoms with Crippen molar-refractivity contribution in [3.63, 3.8) is 0 Å². The summed E-state index contributed by atoms with van der Waals surface area (Å²) in [6, 6.07) is 18.5. The van der Waals surface area contributed by atoms with Crippen molar-refractivity contribution in [3.8, 4) is 0 Å². The van der Waals surface area contributed by atoms with Gasteiger partial charge in [0.2, 0.25) is 0 Å². The van der Waals surface area contributed by atoms with Crippen molar-refractivity contribution in [1.82, 2.24) is 5.48 Å². The fourth-order valence-corrected chi connectivity index (χ4v) is 1.95. The molecule has 0 saturated carbocycles. The van der Waals surface area contributed by atoms with E-state index in [9.17, 15) is 4.79 Å². The van der Waals surface area contributed by atoms with Crippen LogP contribution < -0.4 is 11.2 Å². The van der Waals surface area contributed by atoms with Crippen LogP contribution in [-0.2, 0) is 27.6 Å². The molecule has 3 N–H and O–H groups in total. The lowest BCUT2D eigenvalue weighted by Crippen LogP contribution is -2.48. The van der Waals surface area contributed by atoms with Crippen LogP contribution in [0, 0.1) is 0 Å². The Balaban J connectivity index is 1.70. The molecule has 5 heteroatoms. The molecule has 0 spiro atoms. The molecule has 0 aliphatic rings. The standard InChI is InChI=1S/C18H22N2O3/c1-14(22-12-15-8-4-2-5-9-15)17(19)18(21)20-23-13-16-10-6-3-7-11-16/h2-11,14,17H,12-13,19H2,1H3,(H,20,21)/t14-,17?/m1/s1. The summed E-state index contributed by atoms with van der Waals surface area (Å²) in [5.74, 6) is -0.401. The number of amides is 1. The Morgan fingerprint density at radius 2 is 1.52 bits per heavy atom. The summed E-state index contributed by atoms with van der Waals surface area (Å²) in [4.78, 5) is 17.1. The van der Waals surface area contributed by atoms with Crippen molar-refractivity contribution in [3.05, 3.63) is 71.8 Å². The highest BCUT2D eigenvalue weighted by Gasteiger charge is 2.21. The zero-order valence-corrected chi connectivity index (χ0v) is 13.1. The van der Waals surface area contributed by atoms with E-state index in [0.29, 0.717) is 13.2 Å². The average molecular weight is 314 g/mol. The monoisotopic (exact) mass is 314 g/mol. The summed E-state index contributed by atoms with van der Waals surface area (Å²) >= 11 is 0. The molecule has 2 atom stereocenters. The highest BCUT2D eigenvalue weighted by molar-refractivity contribution is 5.81. The second-order valence-electron chi connectivity index (χ2n) is 5.27. The second-order valence-corrected chi connectivity index (χ2v) is 5.27. The normalized spacial score (nSPS) is 13.3. The maximum absolute atomic E-state index is 11.9. The van der Waals surface area contributed by atoms with Gasteiger partial charge in [-0.25, -0.2) is 5.48 Å². The molecule has 0 fully saturated rings. The molecule has 1 unspecified atom stereocenters. The van der Waals surface area contributed by atoms with E-state index in [1.807, 2.05) is 60.7 Å². The number of nitrogens with two attached hydrogens (primary N) is 1. The molecule has 0 aliphatic heterocycles. The zero-order valence-electron chi connectivity index (χ0n) is 13.1. The molecular formula is C18H22N2O3. The lowest BCUT2D eigenvalue weighted by Gasteiger charge is -2.19. The lowest BCUT2D eigenvalue weighted by atomic mass is 10.2. The van der Waals surface area contributed by atoms with E-state index in [2.05, 4.69) is 5.48 Å². The minimum atomic E-state index is -0.797. The van der Waals surface area contributed by atoms with Gasteiger partial charge in [0.05, 0.1) is 19.3 Å². The Kier molecular flexibility index (Phi) is 6.75. The Morgan fingerprint density at radius 3 is 2.09 bits per heavy atom. The zero-order chi connectivity index (χ0) is 16.5. The summed E-state index contributed by atoms with van der Waals surface area (Å²) in [6.07, 6.45) is -0.421. The quantitative estimate of drug-likeness (QED) is 0.732. The fraction of sp³-hybridized carbons (Fsp3) is 0.278. The van der Waals surface area contributed by atoms with E-state index < -0.39 is 18.1 Å². The molecule has 23 heavy (non-hydrogen) atoms. The van der Waals surface area contributed by atoms with E-state index in [4.69, 9.17) is 15.3 Å². The summed E-state index contributed by atoms with van der Waals surface area (Å²) in [6.45, 7) is 2.47. The number of hydroxylamine groups is 1. The van der Waals surface area contributed by atoms with Crippen LogP contribution in [0.1, 0.15) is 18.1 Å². The van der Waals surface area contributed by atoms with Crippen molar-refractivity contribution in [1.29, 1.82) is 0 Å². The fourth-order valence-electron chi connectivity index (χ4n) is 1.95. The molecule has 0 bridgehead atoms. The first-order chi connectivity index (χ1) is 11.2. The van der Waals surface area contributed by atoms with Gasteiger partial charge in [-0.15, -0.1) is 0 Å². The van der Waals surface area contributed by atoms with Crippen LogP contribution >= 0.6 is 0 Å². The number of ether oxygens (including phenoxy) is 1. The van der Waals surface area contributed by atoms with Crippen LogP contribution in [0.15, 0.2) is 60.7 Å². The van der Waals surface area contributed by atoms with Crippen LogP contribution in [0.5, 0.6) is 0 Å². The van der Waals surface area contributed by atoms with Gasteiger partial charge < -0.3 is 10.5 Å². The predicted octanol–water partition coefficient (Wildman–Crippen LogP) is 2.17. The molecule has 2 aromatic carbocycles. The molecule has 0 aromatic heterocycles. The summed E-state index contributed by atoms with van der Waals surface area (Å²) in [5.41, 5.74) is 10.3. The SMILES string of the molecule is C[C@@H](OCc1ccccc1)C(N)C(=O)NOCc1ccccc1. The van der Waals surface area contributed by atoms with Crippen molar-refractivity contribution >= 4 is 5.91 Å². The van der Waals surface area contributed by atoms with Gasteiger partial charge in [0.25, 0.3) is 5.91 Å². The largest absolute Gasteiger partial charge is 0.372 e. The molecule has 2 rings (SSSR count). The van der Waals surface area contributed by atoms with Crippen molar-refractivity contribution in [2.45, 2.75) is 32.3 Å². The van der Waals surface area contributed by atoms with Gasteiger partial charge in [0.15, 0.2) is 0 Å². The molecule has 1 amide bonds. The van der Waals surface area contributed by atoms with Crippen LogP contribution in [-0.4, -0.2) is 18.1 Å². The number of carbonyl (C=O) groups excluding carboxylic acids is 1. The highest BCUT2D eigenvalue weighted by Crippen LogP contribution is 2.05. The van der Waals surface area contributed by atoms with E-state index >= 15 is 0 Å². The third-order valence-corrected chi connectivity index (χ3v) is 3.42. The van der Waals surface area contributed by atoms with Gasteiger partial charge in [0.1, 0.15) is 6.04 Å². The second kappa shape index (κ2) is 9.05. The molecule has 0 heterocycles. The predicted molar refractivity (Wildman–Crippen MR) is 88.0 cm³/mol. The van der Waals surface area contributed by atoms with E-state index in [1.54, 1.807) is 6.92 Å². The number of benzene rings is 2. The van der Waals surface area contributed by atoms with Crippen LogP contribution in [0.3, 0.4) is 0 Å². The summed E-state index contributed by atoms with van der Waals surface area (Å²) < 4.78 is 5.63. The van der Waals surface area contributed by atoms with Crippen molar-refractivity contribution < 1.29 is 14.4 Å². The van der Waals surface area contributed by atoms with Gasteiger partial charge in [-0.05, 0) is 18.1 Å². The third kappa shape index (κ3) is 5.83. The van der Waals surface area contributed by atoms with Gasteiger partial charge in [0, 0.05) is 0 Å². The molecule has 0 radical (unpaired) electrons. The topological polar surface area (TPSA) is 73.6 Å². The van der Waals surface area contributed by atoms with Crippen LogP contribution in [0.2, 0.25) is 0 Å². The lowest BCUT2D eigenvalue weighted by molar-refractivity contribution is -0.139. The Bertz CT molecular complexity index is 590. The van der Waals surface area contributed by atoms with Gasteiger partial charge in [-0.1, -0.05) is 60.7 Å². The first-order valence-corrected chi connectivity index (χ1v) is 7.53. The molecular weight excluding hydrogens is 292 g/mol. The number of nitrogens with one attached hydrogen (secondary N) is 1. The Morgan fingerprint density at radius 1 is 1.00 bits per heavy atom. The number of hydrogen-bond donors (Lipinski definition) is 2. The van der Waals surface area contributed by atoms with E-state index in [1.165, 1.54) is 0 Å². The molecule has 122 valence electrons. The maximum Gasteiger partial charge on any atom is 0.263 e. The van der Waals surface area contributed by atoms with Gasteiger partial charge >= 0.3 is 0 Å². The Labute approximate surface area is 136 Å². The minimum Gasteiger partial charge on any atom is -0.372 e. The highest BCUT2D eigenvalue weighted by atomic mass is 16.7. The van der Waals surface area contributed by atoms with Crippen LogP contribution in [0.4, 0.5) is 0 Å². The van der Waals surface area contributed by atoms with E-state index in [0.717, 1.165) is 11.1 Å².